The van der Waals surface area contributed by atoms with E-state index in [1.807, 2.05) is 24.3 Å². The minimum absolute atomic E-state index is 0.453. The lowest BCUT2D eigenvalue weighted by Gasteiger charge is -2.23. The molecule has 1 unspecified atom stereocenters. The molecule has 0 spiro atoms. The van der Waals surface area contributed by atoms with Gasteiger partial charge in [0.05, 0.1) is 18.8 Å². The number of benzene rings is 1. The maximum atomic E-state index is 10.2. The predicted molar refractivity (Wildman–Crippen MR) is 74.2 cm³/mol. The highest BCUT2D eigenvalue weighted by Crippen LogP contribution is 2.28. The van der Waals surface area contributed by atoms with E-state index >= 15 is 0 Å². The fraction of sp³-hybridized carbons (Fsp3) is 0.600. The van der Waals surface area contributed by atoms with Crippen molar-refractivity contribution in [2.75, 3.05) is 20.2 Å². The Morgan fingerprint density at radius 2 is 1.89 bits per heavy atom. The van der Waals surface area contributed by atoms with Crippen molar-refractivity contribution in [1.29, 1.82) is 0 Å². The minimum Gasteiger partial charge on any atom is -0.497 e. The van der Waals surface area contributed by atoms with Gasteiger partial charge in [-0.2, -0.15) is 0 Å². The molecular weight excluding hydrogens is 242 g/mol. The van der Waals surface area contributed by atoms with E-state index < -0.39 is 11.7 Å². The summed E-state index contributed by atoms with van der Waals surface area (Å²) >= 11 is 0. The van der Waals surface area contributed by atoms with Gasteiger partial charge in [0.15, 0.2) is 0 Å². The first-order valence-corrected chi connectivity index (χ1v) is 6.88. The van der Waals surface area contributed by atoms with Crippen molar-refractivity contribution in [1.82, 2.24) is 5.32 Å². The third kappa shape index (κ3) is 3.93. The Labute approximate surface area is 114 Å². The standard InChI is InChI=1S/C15H23NO3/c1-19-13-6-4-12(5-7-13)14(17)10-16-11-15(18)8-2-3-9-15/h4-7,14,16-18H,2-3,8-11H2,1H3. The topological polar surface area (TPSA) is 61.7 Å². The van der Waals surface area contributed by atoms with Crippen LogP contribution in [0.3, 0.4) is 0 Å². The zero-order valence-corrected chi connectivity index (χ0v) is 11.4. The van der Waals surface area contributed by atoms with Crippen LogP contribution in [0.5, 0.6) is 5.75 Å². The molecule has 0 amide bonds. The van der Waals surface area contributed by atoms with Crippen molar-refractivity contribution in [2.45, 2.75) is 37.4 Å². The maximum absolute atomic E-state index is 10.2. The lowest BCUT2D eigenvalue weighted by molar-refractivity contribution is 0.0439. The Morgan fingerprint density at radius 3 is 2.47 bits per heavy atom. The molecule has 1 aliphatic carbocycles. The average molecular weight is 265 g/mol. The molecule has 4 nitrogen and oxygen atoms in total. The van der Waals surface area contributed by atoms with E-state index in [1.54, 1.807) is 7.11 Å². The molecule has 0 radical (unpaired) electrons. The van der Waals surface area contributed by atoms with Crippen molar-refractivity contribution < 1.29 is 14.9 Å². The lowest BCUT2D eigenvalue weighted by atomic mass is 10.0. The summed E-state index contributed by atoms with van der Waals surface area (Å²) in [5, 5.41) is 23.4. The summed E-state index contributed by atoms with van der Waals surface area (Å²) in [6.45, 7) is 1.01. The second-order valence-corrected chi connectivity index (χ2v) is 5.35. The highest BCUT2D eigenvalue weighted by Gasteiger charge is 2.30. The first kappa shape index (κ1) is 14.3. The highest BCUT2D eigenvalue weighted by atomic mass is 16.5. The smallest absolute Gasteiger partial charge is 0.118 e. The minimum atomic E-state index is -0.570. The van der Waals surface area contributed by atoms with Gasteiger partial charge in [-0.15, -0.1) is 0 Å². The molecule has 1 aliphatic rings. The average Bonchev–Trinajstić information content (AvgIpc) is 2.86. The number of aliphatic hydroxyl groups excluding tert-OH is 1. The van der Waals surface area contributed by atoms with Crippen molar-refractivity contribution >= 4 is 0 Å². The van der Waals surface area contributed by atoms with Crippen LogP contribution in [0.1, 0.15) is 37.4 Å². The number of ether oxygens (including phenoxy) is 1. The molecule has 1 aromatic rings. The summed E-state index contributed by atoms with van der Waals surface area (Å²) in [5.41, 5.74) is 0.284. The van der Waals surface area contributed by atoms with Crippen molar-refractivity contribution in [2.24, 2.45) is 0 Å². The van der Waals surface area contributed by atoms with Crippen LogP contribution in [-0.2, 0) is 0 Å². The summed E-state index contributed by atoms with van der Waals surface area (Å²) in [7, 11) is 1.62. The molecule has 2 rings (SSSR count). The number of aliphatic hydroxyl groups is 2. The van der Waals surface area contributed by atoms with Gasteiger partial charge in [0.2, 0.25) is 0 Å². The van der Waals surface area contributed by atoms with E-state index in [9.17, 15) is 10.2 Å². The van der Waals surface area contributed by atoms with Crippen LogP contribution in [0.25, 0.3) is 0 Å². The molecule has 0 aliphatic heterocycles. The Hall–Kier alpha value is -1.10. The van der Waals surface area contributed by atoms with E-state index in [0.29, 0.717) is 13.1 Å². The van der Waals surface area contributed by atoms with Crippen LogP contribution in [0, 0.1) is 0 Å². The fourth-order valence-electron chi connectivity index (χ4n) is 2.60. The largest absolute Gasteiger partial charge is 0.497 e. The molecule has 0 saturated heterocycles. The molecular formula is C15H23NO3. The first-order valence-electron chi connectivity index (χ1n) is 6.88. The van der Waals surface area contributed by atoms with Gasteiger partial charge in [-0.3, -0.25) is 0 Å². The molecule has 0 aromatic heterocycles. The Kier molecular flexibility index (Phi) is 4.80. The Morgan fingerprint density at radius 1 is 1.26 bits per heavy atom. The number of methoxy groups -OCH3 is 1. The van der Waals surface area contributed by atoms with Crippen LogP contribution >= 0.6 is 0 Å². The summed E-state index contributed by atoms with van der Waals surface area (Å²) in [6.07, 6.45) is 3.35. The first-order chi connectivity index (χ1) is 9.13. The fourth-order valence-corrected chi connectivity index (χ4v) is 2.60. The van der Waals surface area contributed by atoms with Gasteiger partial charge in [0.25, 0.3) is 0 Å². The monoisotopic (exact) mass is 265 g/mol. The molecule has 0 heterocycles. The van der Waals surface area contributed by atoms with Crippen LogP contribution < -0.4 is 10.1 Å². The third-order valence-corrected chi connectivity index (χ3v) is 3.83. The number of rotatable bonds is 6. The van der Waals surface area contributed by atoms with Gasteiger partial charge >= 0.3 is 0 Å². The zero-order chi connectivity index (χ0) is 13.7. The van der Waals surface area contributed by atoms with Crippen molar-refractivity contribution in [3.63, 3.8) is 0 Å². The Balaban J connectivity index is 1.78. The Bertz CT molecular complexity index is 385. The second-order valence-electron chi connectivity index (χ2n) is 5.35. The van der Waals surface area contributed by atoms with Crippen molar-refractivity contribution in [3.8, 4) is 5.75 Å². The second kappa shape index (κ2) is 6.37. The molecule has 19 heavy (non-hydrogen) atoms. The van der Waals surface area contributed by atoms with Crippen LogP contribution in [0.2, 0.25) is 0 Å². The molecule has 0 bridgehead atoms. The quantitative estimate of drug-likeness (QED) is 0.731. The number of hydrogen-bond acceptors (Lipinski definition) is 4. The van der Waals surface area contributed by atoms with E-state index in [4.69, 9.17) is 4.74 Å². The molecule has 1 aromatic carbocycles. The molecule has 1 saturated carbocycles. The molecule has 4 heteroatoms. The third-order valence-electron chi connectivity index (χ3n) is 3.83. The molecule has 1 fully saturated rings. The van der Waals surface area contributed by atoms with Crippen LogP contribution in [-0.4, -0.2) is 36.0 Å². The van der Waals surface area contributed by atoms with Crippen LogP contribution in [0.15, 0.2) is 24.3 Å². The van der Waals surface area contributed by atoms with Gasteiger partial charge in [-0.1, -0.05) is 25.0 Å². The van der Waals surface area contributed by atoms with E-state index in [1.165, 1.54) is 0 Å². The summed E-state index contributed by atoms with van der Waals surface area (Å²) in [6, 6.07) is 7.39. The van der Waals surface area contributed by atoms with Gasteiger partial charge in [-0.25, -0.2) is 0 Å². The highest BCUT2D eigenvalue weighted by molar-refractivity contribution is 5.28. The lowest BCUT2D eigenvalue weighted by Crippen LogP contribution is -2.39. The van der Waals surface area contributed by atoms with Crippen LogP contribution in [0.4, 0.5) is 0 Å². The van der Waals surface area contributed by atoms with Gasteiger partial charge in [0.1, 0.15) is 5.75 Å². The summed E-state index contributed by atoms with van der Waals surface area (Å²) < 4.78 is 5.08. The van der Waals surface area contributed by atoms with E-state index in [-0.39, 0.29) is 0 Å². The van der Waals surface area contributed by atoms with Gasteiger partial charge < -0.3 is 20.3 Å². The predicted octanol–water partition coefficient (Wildman–Crippen LogP) is 1.62. The van der Waals surface area contributed by atoms with Gasteiger partial charge in [-0.05, 0) is 30.5 Å². The SMILES string of the molecule is COc1ccc(C(O)CNCC2(O)CCCC2)cc1. The van der Waals surface area contributed by atoms with E-state index in [2.05, 4.69) is 5.32 Å². The zero-order valence-electron chi connectivity index (χ0n) is 11.4. The van der Waals surface area contributed by atoms with Crippen molar-refractivity contribution in [3.05, 3.63) is 29.8 Å². The number of hydrogen-bond donors (Lipinski definition) is 3. The van der Waals surface area contributed by atoms with E-state index in [0.717, 1.165) is 37.0 Å². The molecule has 1 atom stereocenters. The maximum Gasteiger partial charge on any atom is 0.118 e. The molecule has 3 N–H and O–H groups in total. The summed E-state index contributed by atoms with van der Waals surface area (Å²) in [4.78, 5) is 0. The van der Waals surface area contributed by atoms with Gasteiger partial charge in [0, 0.05) is 13.1 Å². The number of nitrogens with one attached hydrogen (secondary N) is 1. The summed E-state index contributed by atoms with van der Waals surface area (Å²) in [5.74, 6) is 0.782. The molecule has 106 valence electrons. The normalized spacial score (nSPS) is 19.3.